The second-order valence-corrected chi connectivity index (χ2v) is 10.3. The Hall–Kier alpha value is -3.88. The molecule has 0 radical (unpaired) electrons. The minimum absolute atomic E-state index is 0.00258. The zero-order valence-corrected chi connectivity index (χ0v) is 21.5. The molecule has 1 amide bonds. The second kappa shape index (κ2) is 11.2. The lowest BCUT2D eigenvalue weighted by atomic mass is 10.2. The third-order valence-corrected chi connectivity index (χ3v) is 7.72. The molecule has 4 rings (SSSR count). The average Bonchev–Trinajstić information content (AvgIpc) is 3.23. The Bertz CT molecular complexity index is 1470. The highest BCUT2D eigenvalue weighted by molar-refractivity contribution is 7.89. The highest BCUT2D eigenvalue weighted by atomic mass is 32.2. The van der Waals surface area contributed by atoms with Gasteiger partial charge in [-0.2, -0.15) is 14.1 Å². The van der Waals surface area contributed by atoms with Gasteiger partial charge in [0, 0.05) is 37.3 Å². The topological polar surface area (TPSA) is 146 Å². The molecule has 202 valence electrons. The molecular weight excluding hydrogens is 521 g/mol. The third-order valence-electron chi connectivity index (χ3n) is 5.80. The van der Waals surface area contributed by atoms with E-state index in [9.17, 15) is 27.7 Å². The van der Waals surface area contributed by atoms with Crippen LogP contribution in [-0.2, 0) is 14.8 Å². The molecule has 12 nitrogen and oxygen atoms in total. The second-order valence-electron chi connectivity index (χ2n) is 8.43. The van der Waals surface area contributed by atoms with Gasteiger partial charge in [-0.25, -0.2) is 12.8 Å². The molecule has 1 fully saturated rings. The Morgan fingerprint density at radius 3 is 2.63 bits per heavy atom. The molecule has 2 heterocycles. The number of nitrogens with zero attached hydrogens (tertiary/aromatic N) is 4. The molecule has 14 heteroatoms. The van der Waals surface area contributed by atoms with Crippen LogP contribution in [0.25, 0.3) is 5.69 Å². The normalized spacial score (nSPS) is 14.3. The Morgan fingerprint density at radius 2 is 1.97 bits per heavy atom. The number of aromatic nitrogens is 2. The van der Waals surface area contributed by atoms with Crippen LogP contribution in [-0.4, -0.2) is 66.2 Å². The highest BCUT2D eigenvalue weighted by Gasteiger charge is 2.32. The van der Waals surface area contributed by atoms with E-state index in [2.05, 4.69) is 10.4 Å². The Kier molecular flexibility index (Phi) is 8.04. The van der Waals surface area contributed by atoms with Crippen LogP contribution in [0.5, 0.6) is 11.6 Å². The number of morpholine rings is 1. The van der Waals surface area contributed by atoms with Gasteiger partial charge in [-0.1, -0.05) is 13.0 Å². The maximum atomic E-state index is 14.1. The highest BCUT2D eigenvalue weighted by Crippen LogP contribution is 2.37. The summed E-state index contributed by atoms with van der Waals surface area (Å²) in [7, 11) is -4.23. The van der Waals surface area contributed by atoms with Gasteiger partial charge in [0.25, 0.3) is 11.6 Å². The number of benzene rings is 2. The van der Waals surface area contributed by atoms with Crippen molar-refractivity contribution in [3.8, 4) is 17.3 Å². The molecule has 3 aromatic rings. The average molecular weight is 548 g/mol. The summed E-state index contributed by atoms with van der Waals surface area (Å²) in [4.78, 5) is 23.1. The molecule has 0 saturated carbocycles. The van der Waals surface area contributed by atoms with Gasteiger partial charge in [0.1, 0.15) is 16.5 Å². The van der Waals surface area contributed by atoms with Crippen LogP contribution in [0.4, 0.5) is 10.1 Å². The summed E-state index contributed by atoms with van der Waals surface area (Å²) in [5.74, 6) is -1.33. The number of nitro benzene ring substituents is 1. The van der Waals surface area contributed by atoms with Crippen LogP contribution in [0.2, 0.25) is 0 Å². The number of nitrogens with one attached hydrogen (secondary N) is 1. The molecule has 1 aromatic heterocycles. The number of halogens is 1. The largest absolute Gasteiger partial charge is 0.437 e. The summed E-state index contributed by atoms with van der Waals surface area (Å²) in [6.45, 7) is 4.31. The first-order chi connectivity index (χ1) is 18.1. The van der Waals surface area contributed by atoms with E-state index in [-0.39, 0.29) is 54.9 Å². The van der Waals surface area contributed by atoms with Crippen LogP contribution in [0, 0.1) is 22.9 Å². The van der Waals surface area contributed by atoms with E-state index in [1.54, 1.807) is 6.92 Å². The third kappa shape index (κ3) is 5.51. The molecule has 0 aliphatic carbocycles. The van der Waals surface area contributed by atoms with Gasteiger partial charge in [0.05, 0.1) is 23.8 Å². The number of carbonyl (C=O) groups is 1. The molecule has 1 aliphatic heterocycles. The zero-order valence-electron chi connectivity index (χ0n) is 20.7. The number of carbonyl (C=O) groups excluding carboxylic acids is 1. The lowest BCUT2D eigenvalue weighted by Gasteiger charge is -2.26. The van der Waals surface area contributed by atoms with Gasteiger partial charge < -0.3 is 14.8 Å². The fraction of sp³-hybridized carbons (Fsp3) is 0.333. The van der Waals surface area contributed by atoms with Crippen molar-refractivity contribution in [2.75, 3.05) is 32.8 Å². The minimum atomic E-state index is -4.23. The molecule has 2 aromatic carbocycles. The predicted molar refractivity (Wildman–Crippen MR) is 134 cm³/mol. The maximum Gasteiger partial charge on any atom is 0.272 e. The number of ether oxygens (including phenoxy) is 2. The van der Waals surface area contributed by atoms with E-state index in [0.717, 1.165) is 16.4 Å². The molecule has 1 saturated heterocycles. The van der Waals surface area contributed by atoms with Gasteiger partial charge in [-0.05, 0) is 37.6 Å². The molecule has 0 spiro atoms. The van der Waals surface area contributed by atoms with Crippen LogP contribution in [0.1, 0.15) is 29.4 Å². The standard InChI is InChI=1S/C24H26FN5O7S/c1-3-9-26-23(31)22-16(2)24(29(27-22)18-6-4-5-17(25)14-18)37-20-8-7-19(30(32)33)15-21(20)38(34,35)28-10-12-36-13-11-28/h4-8,14-15H,3,9-13H2,1-2H3,(H,26,31). The number of non-ortho nitro benzene ring substituents is 1. The molecule has 38 heavy (non-hydrogen) atoms. The Balaban J connectivity index is 1.86. The molecular formula is C24H26FN5O7S. The Labute approximate surface area is 218 Å². The van der Waals surface area contributed by atoms with E-state index in [1.807, 2.05) is 6.92 Å². The van der Waals surface area contributed by atoms with E-state index in [0.29, 0.717) is 13.0 Å². The van der Waals surface area contributed by atoms with Crippen molar-refractivity contribution in [3.63, 3.8) is 0 Å². The molecule has 0 unspecified atom stereocenters. The van der Waals surface area contributed by atoms with E-state index in [1.165, 1.54) is 35.0 Å². The van der Waals surface area contributed by atoms with Crippen molar-refractivity contribution in [3.05, 3.63) is 69.7 Å². The lowest BCUT2D eigenvalue weighted by molar-refractivity contribution is -0.385. The molecule has 1 aliphatic rings. The predicted octanol–water partition coefficient (Wildman–Crippen LogP) is 3.18. The van der Waals surface area contributed by atoms with Crippen LogP contribution in [0.3, 0.4) is 0 Å². The number of rotatable bonds is 9. The zero-order chi connectivity index (χ0) is 27.4. The van der Waals surface area contributed by atoms with Gasteiger partial charge in [-0.3, -0.25) is 14.9 Å². The smallest absolute Gasteiger partial charge is 0.272 e. The fourth-order valence-electron chi connectivity index (χ4n) is 3.85. The monoisotopic (exact) mass is 547 g/mol. The minimum Gasteiger partial charge on any atom is -0.437 e. The number of sulfonamides is 1. The van der Waals surface area contributed by atoms with Crippen molar-refractivity contribution >= 4 is 21.6 Å². The van der Waals surface area contributed by atoms with Crippen molar-refractivity contribution in [1.29, 1.82) is 0 Å². The first-order valence-electron chi connectivity index (χ1n) is 11.8. The van der Waals surface area contributed by atoms with Crippen molar-refractivity contribution in [2.24, 2.45) is 0 Å². The lowest BCUT2D eigenvalue weighted by Crippen LogP contribution is -2.40. The van der Waals surface area contributed by atoms with Gasteiger partial charge in [0.15, 0.2) is 5.69 Å². The number of hydrogen-bond donors (Lipinski definition) is 1. The summed E-state index contributed by atoms with van der Waals surface area (Å²) in [5.41, 5.74) is 0.0319. The maximum absolute atomic E-state index is 14.1. The number of nitro groups is 1. The first kappa shape index (κ1) is 27.2. The van der Waals surface area contributed by atoms with E-state index < -0.39 is 37.3 Å². The van der Waals surface area contributed by atoms with E-state index >= 15 is 0 Å². The fourth-order valence-corrected chi connectivity index (χ4v) is 5.39. The molecule has 0 bridgehead atoms. The van der Waals surface area contributed by atoms with Crippen molar-refractivity contribution in [1.82, 2.24) is 19.4 Å². The molecule has 1 N–H and O–H groups in total. The van der Waals surface area contributed by atoms with Crippen LogP contribution < -0.4 is 10.1 Å². The number of amides is 1. The number of hydrogen-bond acceptors (Lipinski definition) is 8. The summed E-state index contributed by atoms with van der Waals surface area (Å²) < 4.78 is 54.7. The van der Waals surface area contributed by atoms with Crippen molar-refractivity contribution < 1.29 is 32.0 Å². The van der Waals surface area contributed by atoms with E-state index in [4.69, 9.17) is 9.47 Å². The quantitative estimate of drug-likeness (QED) is 0.318. The van der Waals surface area contributed by atoms with Gasteiger partial charge in [0.2, 0.25) is 15.9 Å². The van der Waals surface area contributed by atoms with Crippen LogP contribution >= 0.6 is 0 Å². The summed E-state index contributed by atoms with van der Waals surface area (Å²) in [6, 6.07) is 8.60. The summed E-state index contributed by atoms with van der Waals surface area (Å²) in [6.07, 6.45) is 0.685. The van der Waals surface area contributed by atoms with Gasteiger partial charge >= 0.3 is 0 Å². The van der Waals surface area contributed by atoms with Crippen molar-refractivity contribution in [2.45, 2.75) is 25.2 Å². The summed E-state index contributed by atoms with van der Waals surface area (Å²) in [5, 5.41) is 18.5. The Morgan fingerprint density at radius 1 is 1.24 bits per heavy atom. The first-order valence-corrected chi connectivity index (χ1v) is 13.3. The summed E-state index contributed by atoms with van der Waals surface area (Å²) >= 11 is 0. The SMILES string of the molecule is CCCNC(=O)c1nn(-c2cccc(F)c2)c(Oc2ccc([N+](=O)[O-])cc2S(=O)(=O)N2CCOCC2)c1C. The molecule has 0 atom stereocenters. The van der Waals surface area contributed by atoms with Crippen LogP contribution in [0.15, 0.2) is 47.4 Å². The van der Waals surface area contributed by atoms with Gasteiger partial charge in [-0.15, -0.1) is 0 Å².